The predicted molar refractivity (Wildman–Crippen MR) is 158 cm³/mol. The Morgan fingerprint density at radius 3 is 2.92 bits per heavy atom. The standard InChI is InChI=1S/C29H32Cl2N4O2S/c1-3-8-22(30)10-5-13-26(21-15-17-23(31)18-16-21)38-29-34-33-27(9-4-2)35(29)25-12-6-11-24(20-25)32-28(37)14-7-19-36/h3,5-6,8,10-12,15-17,19-20,23,26H,1,4,7,9,13-14,18H2,2H3,(H,32,37)/b10-5-,22-8+. The van der Waals surface area contributed by atoms with Gasteiger partial charge in [-0.05, 0) is 55.2 Å². The lowest BCUT2D eigenvalue weighted by Gasteiger charge is -2.20. The van der Waals surface area contributed by atoms with Gasteiger partial charge in [0.1, 0.15) is 12.1 Å². The fourth-order valence-corrected chi connectivity index (χ4v) is 5.38. The van der Waals surface area contributed by atoms with Gasteiger partial charge in [0.15, 0.2) is 5.16 Å². The zero-order valence-corrected chi connectivity index (χ0v) is 23.7. The van der Waals surface area contributed by atoms with Crippen molar-refractivity contribution >= 4 is 52.8 Å². The van der Waals surface area contributed by atoms with Gasteiger partial charge < -0.3 is 10.1 Å². The molecule has 3 rings (SSSR count). The van der Waals surface area contributed by atoms with Gasteiger partial charge in [-0.2, -0.15) is 0 Å². The monoisotopic (exact) mass is 570 g/mol. The molecule has 0 saturated carbocycles. The molecule has 0 aliphatic heterocycles. The molecule has 1 heterocycles. The van der Waals surface area contributed by atoms with E-state index >= 15 is 0 Å². The highest BCUT2D eigenvalue weighted by Gasteiger charge is 2.22. The number of hydrogen-bond acceptors (Lipinski definition) is 5. The Kier molecular flexibility index (Phi) is 12.1. The number of carbonyl (C=O) groups is 2. The molecule has 1 N–H and O–H groups in total. The number of carbonyl (C=O) groups excluding carboxylic acids is 2. The van der Waals surface area contributed by atoms with Gasteiger partial charge in [-0.25, -0.2) is 0 Å². The summed E-state index contributed by atoms with van der Waals surface area (Å²) in [4.78, 5) is 22.8. The molecule has 1 aliphatic carbocycles. The van der Waals surface area contributed by atoms with Crippen molar-refractivity contribution in [2.75, 3.05) is 5.32 Å². The van der Waals surface area contributed by atoms with Crippen molar-refractivity contribution in [3.8, 4) is 5.69 Å². The van der Waals surface area contributed by atoms with Gasteiger partial charge in [0.05, 0.1) is 11.1 Å². The summed E-state index contributed by atoms with van der Waals surface area (Å²) in [5.74, 6) is 0.644. The van der Waals surface area contributed by atoms with Crippen LogP contribution in [0.4, 0.5) is 5.69 Å². The van der Waals surface area contributed by atoms with Crippen molar-refractivity contribution in [3.63, 3.8) is 0 Å². The normalized spacial score (nSPS) is 16.3. The summed E-state index contributed by atoms with van der Waals surface area (Å²) in [5, 5.41) is 13.4. The minimum Gasteiger partial charge on any atom is -0.326 e. The number of aldehydes is 1. The average Bonchev–Trinajstić information content (AvgIpc) is 3.30. The SMILES string of the molecule is C=C/C=C(Cl)\C=C/CC(Sc1nnc(CCC)n1-c1cccc(NC(=O)CCC=O)c1)C1=CCC(Cl)C=C1. The zero-order chi connectivity index (χ0) is 27.3. The third-order valence-corrected chi connectivity index (χ3v) is 7.45. The summed E-state index contributed by atoms with van der Waals surface area (Å²) in [7, 11) is 0. The van der Waals surface area contributed by atoms with Crippen LogP contribution in [0.2, 0.25) is 0 Å². The number of thioether (sulfide) groups is 1. The number of halogens is 2. The van der Waals surface area contributed by atoms with Crippen LogP contribution in [-0.2, 0) is 16.0 Å². The minimum absolute atomic E-state index is 0.00537. The molecule has 0 bridgehead atoms. The number of allylic oxidation sites excluding steroid dienone is 8. The smallest absolute Gasteiger partial charge is 0.224 e. The predicted octanol–water partition coefficient (Wildman–Crippen LogP) is 7.35. The Morgan fingerprint density at radius 1 is 1.37 bits per heavy atom. The van der Waals surface area contributed by atoms with Crippen LogP contribution >= 0.6 is 35.0 Å². The number of anilines is 1. The topological polar surface area (TPSA) is 76.9 Å². The van der Waals surface area contributed by atoms with Crippen molar-refractivity contribution in [2.24, 2.45) is 0 Å². The van der Waals surface area contributed by atoms with E-state index in [0.717, 1.165) is 48.6 Å². The van der Waals surface area contributed by atoms with E-state index in [4.69, 9.17) is 23.2 Å². The van der Waals surface area contributed by atoms with Crippen LogP contribution in [0.1, 0.15) is 44.9 Å². The maximum Gasteiger partial charge on any atom is 0.224 e. The fraction of sp³-hybridized carbons (Fsp3) is 0.310. The van der Waals surface area contributed by atoms with E-state index < -0.39 is 0 Å². The Balaban J connectivity index is 1.93. The second-order valence-electron chi connectivity index (χ2n) is 8.63. The number of hydrogen-bond donors (Lipinski definition) is 1. The first kappa shape index (κ1) is 29.7. The number of nitrogens with zero attached hydrogens (tertiary/aromatic N) is 3. The number of amides is 1. The largest absolute Gasteiger partial charge is 0.326 e. The molecule has 200 valence electrons. The first-order valence-electron chi connectivity index (χ1n) is 12.6. The summed E-state index contributed by atoms with van der Waals surface area (Å²) < 4.78 is 2.05. The summed E-state index contributed by atoms with van der Waals surface area (Å²) in [6.45, 7) is 5.79. The van der Waals surface area contributed by atoms with Crippen LogP contribution in [0, 0.1) is 0 Å². The highest BCUT2D eigenvalue weighted by molar-refractivity contribution is 8.00. The van der Waals surface area contributed by atoms with Gasteiger partial charge in [0.25, 0.3) is 0 Å². The second-order valence-corrected chi connectivity index (χ2v) is 10.8. The molecule has 0 spiro atoms. The third-order valence-electron chi connectivity index (χ3n) is 5.65. The molecule has 2 aromatic rings. The van der Waals surface area contributed by atoms with Crippen molar-refractivity contribution in [3.05, 3.63) is 89.8 Å². The van der Waals surface area contributed by atoms with Gasteiger partial charge in [0.2, 0.25) is 5.91 Å². The summed E-state index contributed by atoms with van der Waals surface area (Å²) in [6, 6.07) is 7.58. The van der Waals surface area contributed by atoms with E-state index in [2.05, 4.69) is 41.2 Å². The Bertz CT molecular complexity index is 1250. The molecule has 2 atom stereocenters. The van der Waals surface area contributed by atoms with E-state index in [0.29, 0.717) is 10.7 Å². The van der Waals surface area contributed by atoms with Gasteiger partial charge in [0, 0.05) is 35.2 Å². The highest BCUT2D eigenvalue weighted by atomic mass is 35.5. The third kappa shape index (κ3) is 8.86. The number of aromatic nitrogens is 3. The maximum atomic E-state index is 12.2. The molecule has 2 unspecified atom stereocenters. The lowest BCUT2D eigenvalue weighted by atomic mass is 10.0. The maximum absolute atomic E-state index is 12.2. The zero-order valence-electron chi connectivity index (χ0n) is 21.4. The summed E-state index contributed by atoms with van der Waals surface area (Å²) in [5.41, 5.74) is 2.68. The number of alkyl halides is 1. The van der Waals surface area contributed by atoms with Gasteiger partial charge in [-0.3, -0.25) is 9.36 Å². The van der Waals surface area contributed by atoms with E-state index in [9.17, 15) is 9.59 Å². The molecular weight excluding hydrogens is 539 g/mol. The lowest BCUT2D eigenvalue weighted by molar-refractivity contribution is -0.118. The van der Waals surface area contributed by atoms with Crippen LogP contribution in [0.15, 0.2) is 89.1 Å². The van der Waals surface area contributed by atoms with E-state index in [1.165, 1.54) is 5.57 Å². The number of benzene rings is 1. The van der Waals surface area contributed by atoms with Gasteiger partial charge in [-0.1, -0.05) is 73.3 Å². The first-order chi connectivity index (χ1) is 18.4. The molecule has 0 saturated heterocycles. The van der Waals surface area contributed by atoms with Crippen LogP contribution in [0.25, 0.3) is 5.69 Å². The molecule has 0 fully saturated rings. The molecule has 6 nitrogen and oxygen atoms in total. The first-order valence-corrected chi connectivity index (χ1v) is 14.3. The number of nitrogens with one attached hydrogen (secondary N) is 1. The van der Waals surface area contributed by atoms with Gasteiger partial charge in [-0.15, -0.1) is 21.8 Å². The minimum atomic E-state index is -0.203. The Hall–Kier alpha value is -2.87. The fourth-order valence-electron chi connectivity index (χ4n) is 3.86. The molecule has 1 amide bonds. The lowest BCUT2D eigenvalue weighted by Crippen LogP contribution is -2.12. The van der Waals surface area contributed by atoms with Crippen molar-refractivity contribution in [2.45, 2.75) is 61.2 Å². The van der Waals surface area contributed by atoms with Crippen molar-refractivity contribution < 1.29 is 9.59 Å². The highest BCUT2D eigenvalue weighted by Crippen LogP contribution is 2.35. The van der Waals surface area contributed by atoms with Crippen LogP contribution in [0.5, 0.6) is 0 Å². The molecule has 38 heavy (non-hydrogen) atoms. The average molecular weight is 572 g/mol. The van der Waals surface area contributed by atoms with Crippen LogP contribution in [-0.4, -0.2) is 37.6 Å². The van der Waals surface area contributed by atoms with E-state index in [1.54, 1.807) is 23.9 Å². The molecular formula is C29H32Cl2N4O2S. The van der Waals surface area contributed by atoms with Gasteiger partial charge >= 0.3 is 0 Å². The van der Waals surface area contributed by atoms with Crippen molar-refractivity contribution in [1.82, 2.24) is 14.8 Å². The molecule has 0 radical (unpaired) electrons. The summed E-state index contributed by atoms with van der Waals surface area (Å²) in [6.07, 6.45) is 17.8. The molecule has 9 heteroatoms. The number of rotatable bonds is 14. The van der Waals surface area contributed by atoms with E-state index in [1.807, 2.05) is 47.1 Å². The second kappa shape index (κ2) is 15.5. The molecule has 1 aromatic heterocycles. The summed E-state index contributed by atoms with van der Waals surface area (Å²) >= 11 is 14.1. The quantitative estimate of drug-likeness (QED) is 0.111. The Labute approximate surface area is 238 Å². The van der Waals surface area contributed by atoms with Crippen LogP contribution in [0.3, 0.4) is 0 Å². The van der Waals surface area contributed by atoms with E-state index in [-0.39, 0.29) is 29.4 Å². The molecule has 1 aromatic carbocycles. The molecule has 1 aliphatic rings. The van der Waals surface area contributed by atoms with Crippen molar-refractivity contribution in [1.29, 1.82) is 0 Å². The number of aryl methyl sites for hydroxylation is 1. The van der Waals surface area contributed by atoms with Crippen LogP contribution < -0.4 is 5.32 Å². The Morgan fingerprint density at radius 2 is 2.21 bits per heavy atom.